The molecule has 0 saturated heterocycles. The number of halogens is 2. The van der Waals surface area contributed by atoms with Crippen LogP contribution in [0.25, 0.3) is 17.2 Å². The Morgan fingerprint density at radius 1 is 1.00 bits per heavy atom. The molecule has 36 heavy (non-hydrogen) atoms. The molecule has 1 amide bonds. The molecule has 0 aliphatic heterocycles. The Labute approximate surface area is 216 Å². The number of hydrogen-bond acceptors (Lipinski definition) is 3. The normalized spacial score (nSPS) is 14.1. The van der Waals surface area contributed by atoms with Gasteiger partial charge in [-0.1, -0.05) is 73.3 Å². The maximum absolute atomic E-state index is 13.7. The Hall–Kier alpha value is -3.44. The van der Waals surface area contributed by atoms with Crippen LogP contribution in [0.1, 0.15) is 43.2 Å². The second-order valence-electron chi connectivity index (χ2n) is 9.04. The third kappa shape index (κ3) is 6.41. The first-order valence-corrected chi connectivity index (χ1v) is 12.5. The number of rotatable bonds is 7. The van der Waals surface area contributed by atoms with Gasteiger partial charge in [-0.15, -0.1) is 0 Å². The Balaban J connectivity index is 1.61. The van der Waals surface area contributed by atoms with Gasteiger partial charge in [-0.2, -0.15) is 0 Å². The summed E-state index contributed by atoms with van der Waals surface area (Å²) in [5.74, 6) is -0.748. The zero-order valence-electron chi connectivity index (χ0n) is 20.3. The SMILES string of the molecule is COC(=O)/C=C/c1cccc(N(Cc2ccc(-c3ccc(F)c(Cl)c3)cc2)C(=O)C2CCCCC2)c1. The van der Waals surface area contributed by atoms with Gasteiger partial charge in [0.25, 0.3) is 0 Å². The molecule has 1 aliphatic carbocycles. The summed E-state index contributed by atoms with van der Waals surface area (Å²) in [4.78, 5) is 27.0. The molecule has 1 fully saturated rings. The van der Waals surface area contributed by atoms with Crippen LogP contribution in [0, 0.1) is 11.7 Å². The number of amides is 1. The number of anilines is 1. The van der Waals surface area contributed by atoms with E-state index in [0.29, 0.717) is 6.54 Å². The van der Waals surface area contributed by atoms with Gasteiger partial charge in [-0.25, -0.2) is 9.18 Å². The van der Waals surface area contributed by atoms with Crippen molar-refractivity contribution in [3.63, 3.8) is 0 Å². The van der Waals surface area contributed by atoms with E-state index in [-0.39, 0.29) is 16.8 Å². The van der Waals surface area contributed by atoms with E-state index in [2.05, 4.69) is 4.74 Å². The van der Waals surface area contributed by atoms with Crippen molar-refractivity contribution in [3.05, 3.63) is 94.8 Å². The summed E-state index contributed by atoms with van der Waals surface area (Å²) in [6, 6.07) is 20.1. The maximum Gasteiger partial charge on any atom is 0.330 e. The predicted molar refractivity (Wildman–Crippen MR) is 142 cm³/mol. The van der Waals surface area contributed by atoms with Crippen LogP contribution in [0.5, 0.6) is 0 Å². The number of hydrogen-bond donors (Lipinski definition) is 0. The number of carbonyl (C=O) groups is 2. The minimum atomic E-state index is -0.447. The van der Waals surface area contributed by atoms with Crippen LogP contribution in [-0.2, 0) is 20.9 Å². The van der Waals surface area contributed by atoms with Crippen LogP contribution in [0.15, 0.2) is 72.8 Å². The van der Waals surface area contributed by atoms with E-state index in [1.165, 1.54) is 25.7 Å². The van der Waals surface area contributed by atoms with Gasteiger partial charge < -0.3 is 9.64 Å². The third-order valence-corrected chi connectivity index (χ3v) is 6.85. The van der Waals surface area contributed by atoms with E-state index in [1.807, 2.05) is 53.4 Å². The van der Waals surface area contributed by atoms with Crippen LogP contribution < -0.4 is 4.90 Å². The molecule has 186 valence electrons. The fourth-order valence-electron chi connectivity index (χ4n) is 4.56. The molecule has 0 atom stereocenters. The Bertz CT molecular complexity index is 1250. The molecule has 4 rings (SSSR count). The minimum absolute atomic E-state index is 0.00801. The molecule has 0 bridgehead atoms. The predicted octanol–water partition coefficient (Wildman–Crippen LogP) is 7.45. The van der Waals surface area contributed by atoms with Crippen molar-refractivity contribution in [3.8, 4) is 11.1 Å². The first kappa shape index (κ1) is 25.6. The molecule has 3 aromatic carbocycles. The van der Waals surface area contributed by atoms with Crippen molar-refractivity contribution in [2.45, 2.75) is 38.6 Å². The van der Waals surface area contributed by atoms with Gasteiger partial charge in [-0.3, -0.25) is 4.79 Å². The molecule has 0 radical (unpaired) electrons. The van der Waals surface area contributed by atoms with Gasteiger partial charge in [-0.05, 0) is 65.4 Å². The number of benzene rings is 3. The van der Waals surface area contributed by atoms with E-state index in [0.717, 1.165) is 53.6 Å². The maximum atomic E-state index is 13.7. The fraction of sp³-hybridized carbons (Fsp3) is 0.267. The number of methoxy groups -OCH3 is 1. The molecular weight excluding hydrogens is 477 g/mol. The van der Waals surface area contributed by atoms with Crippen molar-refractivity contribution >= 4 is 35.2 Å². The molecule has 6 heteroatoms. The third-order valence-electron chi connectivity index (χ3n) is 6.56. The summed E-state index contributed by atoms with van der Waals surface area (Å²) in [5.41, 5.74) is 4.32. The molecule has 1 saturated carbocycles. The van der Waals surface area contributed by atoms with E-state index in [9.17, 15) is 14.0 Å². The molecular formula is C30H29ClFNO3. The van der Waals surface area contributed by atoms with Gasteiger partial charge in [0, 0.05) is 17.7 Å². The van der Waals surface area contributed by atoms with E-state index < -0.39 is 11.8 Å². The summed E-state index contributed by atoms with van der Waals surface area (Å²) in [6.45, 7) is 0.421. The van der Waals surface area contributed by atoms with Crippen molar-refractivity contribution in [1.82, 2.24) is 0 Å². The summed E-state index contributed by atoms with van der Waals surface area (Å²) in [7, 11) is 1.34. The van der Waals surface area contributed by atoms with Crippen molar-refractivity contribution < 1.29 is 18.7 Å². The van der Waals surface area contributed by atoms with Crippen LogP contribution in [-0.4, -0.2) is 19.0 Å². The van der Waals surface area contributed by atoms with Crippen LogP contribution in [0.3, 0.4) is 0 Å². The second kappa shape index (κ2) is 12.0. The summed E-state index contributed by atoms with van der Waals surface area (Å²) < 4.78 is 18.2. The second-order valence-corrected chi connectivity index (χ2v) is 9.44. The topological polar surface area (TPSA) is 46.6 Å². The average molecular weight is 506 g/mol. The highest BCUT2D eigenvalue weighted by Gasteiger charge is 2.27. The molecule has 0 unspecified atom stereocenters. The van der Waals surface area contributed by atoms with E-state index in [4.69, 9.17) is 11.6 Å². The van der Waals surface area contributed by atoms with Crippen molar-refractivity contribution in [1.29, 1.82) is 0 Å². The largest absolute Gasteiger partial charge is 0.466 e. The summed E-state index contributed by atoms with van der Waals surface area (Å²) in [5, 5.41) is 0.0851. The lowest BCUT2D eigenvalue weighted by molar-refractivity contribution is -0.134. The molecule has 1 aliphatic rings. The lowest BCUT2D eigenvalue weighted by Crippen LogP contribution is -2.36. The molecule has 3 aromatic rings. The number of esters is 1. The molecule has 0 spiro atoms. The quantitative estimate of drug-likeness (QED) is 0.247. The lowest BCUT2D eigenvalue weighted by Gasteiger charge is -2.30. The highest BCUT2D eigenvalue weighted by atomic mass is 35.5. The highest BCUT2D eigenvalue weighted by Crippen LogP contribution is 2.30. The zero-order chi connectivity index (χ0) is 25.5. The van der Waals surface area contributed by atoms with Crippen molar-refractivity contribution in [2.75, 3.05) is 12.0 Å². The van der Waals surface area contributed by atoms with E-state index >= 15 is 0 Å². The van der Waals surface area contributed by atoms with Crippen molar-refractivity contribution in [2.24, 2.45) is 5.92 Å². The number of nitrogens with zero attached hydrogens (tertiary/aromatic N) is 1. The zero-order valence-corrected chi connectivity index (χ0v) is 21.0. The standard InChI is InChI=1S/C30H29ClFNO3/c1-36-29(34)17-12-21-6-5-9-26(18-21)33(30(35)24-7-3-2-4-8-24)20-22-10-13-23(14-11-22)25-15-16-28(32)27(31)19-25/h5-6,9-19,24H,2-4,7-8,20H2,1H3/b17-12+. The van der Waals surface area contributed by atoms with Crippen LogP contribution in [0.2, 0.25) is 5.02 Å². The minimum Gasteiger partial charge on any atom is -0.466 e. The molecule has 0 N–H and O–H groups in total. The molecule has 4 nitrogen and oxygen atoms in total. The Kier molecular flexibility index (Phi) is 8.55. The van der Waals surface area contributed by atoms with Crippen LogP contribution >= 0.6 is 11.6 Å². The van der Waals surface area contributed by atoms with Gasteiger partial charge in [0.1, 0.15) is 5.82 Å². The van der Waals surface area contributed by atoms with Gasteiger partial charge in [0.15, 0.2) is 0 Å². The number of carbonyl (C=O) groups excluding carboxylic acids is 2. The monoisotopic (exact) mass is 505 g/mol. The molecule has 0 aromatic heterocycles. The van der Waals surface area contributed by atoms with Gasteiger partial charge in [0.05, 0.1) is 18.7 Å². The van der Waals surface area contributed by atoms with Gasteiger partial charge >= 0.3 is 5.97 Å². The Morgan fingerprint density at radius 2 is 1.72 bits per heavy atom. The van der Waals surface area contributed by atoms with Gasteiger partial charge in [0.2, 0.25) is 5.91 Å². The first-order chi connectivity index (χ1) is 17.4. The smallest absolute Gasteiger partial charge is 0.330 e. The number of ether oxygens (including phenoxy) is 1. The average Bonchev–Trinajstić information content (AvgIpc) is 2.92. The Morgan fingerprint density at radius 3 is 2.42 bits per heavy atom. The van der Waals surface area contributed by atoms with E-state index in [1.54, 1.807) is 18.2 Å². The lowest BCUT2D eigenvalue weighted by atomic mass is 9.88. The van der Waals surface area contributed by atoms with Crippen LogP contribution in [0.4, 0.5) is 10.1 Å². The summed E-state index contributed by atoms with van der Waals surface area (Å²) in [6.07, 6.45) is 8.17. The fourth-order valence-corrected chi connectivity index (χ4v) is 4.74. The molecule has 0 heterocycles. The highest BCUT2D eigenvalue weighted by molar-refractivity contribution is 6.31. The summed E-state index contributed by atoms with van der Waals surface area (Å²) >= 11 is 5.95. The first-order valence-electron chi connectivity index (χ1n) is 12.2.